The minimum atomic E-state index is 0.556. The number of aryl methyl sites for hydroxylation is 1. The summed E-state index contributed by atoms with van der Waals surface area (Å²) in [4.78, 5) is 0.976. The van der Waals surface area contributed by atoms with Gasteiger partial charge in [-0.15, -0.1) is 22.0 Å². The fraction of sp³-hybridized carbons (Fsp3) is 0.308. The van der Waals surface area contributed by atoms with Gasteiger partial charge in [-0.25, -0.2) is 0 Å². The highest BCUT2D eigenvalue weighted by Crippen LogP contribution is 2.26. The highest BCUT2D eigenvalue weighted by molar-refractivity contribution is 7.98. The van der Waals surface area contributed by atoms with E-state index in [2.05, 4.69) is 21.6 Å². The lowest BCUT2D eigenvalue weighted by Gasteiger charge is -2.10. The first kappa shape index (κ1) is 13.4. The van der Waals surface area contributed by atoms with Gasteiger partial charge in [0.1, 0.15) is 12.4 Å². The largest absolute Gasteiger partial charge is 0.377 e. The van der Waals surface area contributed by atoms with Crippen LogP contribution in [0.3, 0.4) is 0 Å². The second-order valence-electron chi connectivity index (χ2n) is 3.88. The number of nitriles is 1. The maximum absolute atomic E-state index is 9.25. The summed E-state index contributed by atoms with van der Waals surface area (Å²) in [5.74, 6) is 0.862. The van der Waals surface area contributed by atoms with Crippen LogP contribution in [0.4, 0.5) is 5.69 Å². The van der Waals surface area contributed by atoms with Crippen molar-refractivity contribution in [2.75, 3.05) is 11.6 Å². The summed E-state index contributed by atoms with van der Waals surface area (Å²) in [5.41, 5.74) is 1.51. The van der Waals surface area contributed by atoms with Gasteiger partial charge in [-0.3, -0.25) is 0 Å². The van der Waals surface area contributed by atoms with Crippen molar-refractivity contribution in [2.24, 2.45) is 0 Å². The first-order valence-electron chi connectivity index (χ1n) is 5.97. The molecule has 0 bridgehead atoms. The molecule has 0 aliphatic rings. The Balaban J connectivity index is 2.18. The van der Waals surface area contributed by atoms with E-state index in [0.717, 1.165) is 23.0 Å². The molecule has 1 heterocycles. The Labute approximate surface area is 116 Å². The van der Waals surface area contributed by atoms with Crippen molar-refractivity contribution in [3.63, 3.8) is 0 Å². The lowest BCUT2D eigenvalue weighted by Crippen LogP contribution is -2.08. The molecule has 1 aromatic heterocycles. The number of hydrogen-bond acceptors (Lipinski definition) is 5. The summed E-state index contributed by atoms with van der Waals surface area (Å²) in [5, 5.41) is 20.5. The first-order chi connectivity index (χ1) is 9.30. The van der Waals surface area contributed by atoms with Crippen LogP contribution in [0.5, 0.6) is 0 Å². The third kappa shape index (κ3) is 2.88. The Morgan fingerprint density at radius 2 is 2.32 bits per heavy atom. The second-order valence-corrected chi connectivity index (χ2v) is 4.73. The number of aromatic nitrogens is 3. The van der Waals surface area contributed by atoms with Crippen molar-refractivity contribution in [1.29, 1.82) is 5.26 Å². The van der Waals surface area contributed by atoms with E-state index < -0.39 is 0 Å². The highest BCUT2D eigenvalue weighted by Gasteiger charge is 2.08. The Kier molecular flexibility index (Phi) is 4.42. The van der Waals surface area contributed by atoms with Gasteiger partial charge >= 0.3 is 0 Å². The maximum Gasteiger partial charge on any atom is 0.152 e. The maximum atomic E-state index is 9.25. The molecule has 0 saturated carbocycles. The fourth-order valence-corrected chi connectivity index (χ4v) is 2.39. The SMILES string of the molecule is CCn1cnnc1CNc1cccc(SC)c1C#N. The van der Waals surface area contributed by atoms with Crippen molar-refractivity contribution >= 4 is 17.4 Å². The molecule has 1 aromatic carbocycles. The number of benzene rings is 1. The van der Waals surface area contributed by atoms with Gasteiger partial charge in [0.05, 0.1) is 17.8 Å². The van der Waals surface area contributed by atoms with Crippen LogP contribution in [0.15, 0.2) is 29.4 Å². The third-order valence-electron chi connectivity index (χ3n) is 2.83. The number of anilines is 1. The summed E-state index contributed by atoms with van der Waals surface area (Å²) in [7, 11) is 0. The van der Waals surface area contributed by atoms with Gasteiger partial charge in [0, 0.05) is 11.4 Å². The van der Waals surface area contributed by atoms with E-state index in [4.69, 9.17) is 0 Å². The molecule has 0 atom stereocenters. The average molecular weight is 273 g/mol. The first-order valence-corrected chi connectivity index (χ1v) is 7.20. The van der Waals surface area contributed by atoms with Crippen LogP contribution in [0.1, 0.15) is 18.3 Å². The molecule has 0 unspecified atom stereocenters. The Morgan fingerprint density at radius 3 is 3.00 bits per heavy atom. The predicted octanol–water partition coefficient (Wildman–Crippen LogP) is 2.50. The van der Waals surface area contributed by atoms with Crippen molar-refractivity contribution in [1.82, 2.24) is 14.8 Å². The zero-order valence-electron chi connectivity index (χ0n) is 10.9. The summed E-state index contributed by atoms with van der Waals surface area (Å²) in [6.07, 6.45) is 3.67. The van der Waals surface area contributed by atoms with Crippen molar-refractivity contribution in [3.05, 3.63) is 35.9 Å². The third-order valence-corrected chi connectivity index (χ3v) is 3.61. The summed E-state index contributed by atoms with van der Waals surface area (Å²) >= 11 is 1.57. The van der Waals surface area contributed by atoms with Crippen LogP contribution in [0.2, 0.25) is 0 Å². The minimum absolute atomic E-state index is 0.556. The second kappa shape index (κ2) is 6.25. The number of rotatable bonds is 5. The van der Waals surface area contributed by atoms with E-state index in [1.807, 2.05) is 35.9 Å². The molecule has 1 N–H and O–H groups in total. The predicted molar refractivity (Wildman–Crippen MR) is 76.0 cm³/mol. The van der Waals surface area contributed by atoms with Crippen molar-refractivity contribution < 1.29 is 0 Å². The molecule has 2 rings (SSSR count). The van der Waals surface area contributed by atoms with Gasteiger partial charge in [-0.2, -0.15) is 5.26 Å². The number of hydrogen-bond donors (Lipinski definition) is 1. The zero-order valence-corrected chi connectivity index (χ0v) is 11.7. The lowest BCUT2D eigenvalue weighted by molar-refractivity contribution is 0.708. The van der Waals surface area contributed by atoms with E-state index in [1.54, 1.807) is 18.1 Å². The molecule has 0 spiro atoms. The monoisotopic (exact) mass is 273 g/mol. The average Bonchev–Trinajstić information content (AvgIpc) is 2.91. The van der Waals surface area contributed by atoms with Gasteiger partial charge in [0.2, 0.25) is 0 Å². The van der Waals surface area contributed by atoms with E-state index in [-0.39, 0.29) is 0 Å². The summed E-state index contributed by atoms with van der Waals surface area (Å²) in [6.45, 7) is 3.43. The quantitative estimate of drug-likeness (QED) is 0.848. The van der Waals surface area contributed by atoms with Gasteiger partial charge < -0.3 is 9.88 Å². The van der Waals surface area contributed by atoms with Crippen LogP contribution in [0.25, 0.3) is 0 Å². The molecule has 0 aliphatic heterocycles. The van der Waals surface area contributed by atoms with Gasteiger partial charge in [0.15, 0.2) is 5.82 Å². The molecule has 98 valence electrons. The highest BCUT2D eigenvalue weighted by atomic mass is 32.2. The number of nitrogens with one attached hydrogen (secondary N) is 1. The molecule has 2 aromatic rings. The topological polar surface area (TPSA) is 66.5 Å². The van der Waals surface area contributed by atoms with Crippen LogP contribution in [-0.4, -0.2) is 21.0 Å². The number of nitrogens with zero attached hydrogens (tertiary/aromatic N) is 4. The summed E-state index contributed by atoms with van der Waals surface area (Å²) < 4.78 is 1.97. The molecule has 19 heavy (non-hydrogen) atoms. The Bertz CT molecular complexity index is 599. The number of thioether (sulfide) groups is 1. The minimum Gasteiger partial charge on any atom is -0.377 e. The van der Waals surface area contributed by atoms with Crippen molar-refractivity contribution in [2.45, 2.75) is 24.9 Å². The van der Waals surface area contributed by atoms with E-state index in [9.17, 15) is 5.26 Å². The molecule has 0 radical (unpaired) electrons. The molecular formula is C13H15N5S. The molecule has 0 aliphatic carbocycles. The van der Waals surface area contributed by atoms with Gasteiger partial charge in [-0.1, -0.05) is 6.07 Å². The van der Waals surface area contributed by atoms with E-state index >= 15 is 0 Å². The standard InChI is InChI=1S/C13H15N5S/c1-3-18-9-16-17-13(18)8-15-11-5-4-6-12(19-2)10(11)7-14/h4-6,9,15H,3,8H2,1-2H3. The van der Waals surface area contributed by atoms with Gasteiger partial charge in [-0.05, 0) is 25.3 Å². The molecule has 5 nitrogen and oxygen atoms in total. The smallest absolute Gasteiger partial charge is 0.152 e. The van der Waals surface area contributed by atoms with Gasteiger partial charge in [0.25, 0.3) is 0 Å². The molecule has 0 fully saturated rings. The Morgan fingerprint density at radius 1 is 1.47 bits per heavy atom. The summed E-state index contributed by atoms with van der Waals surface area (Å²) in [6, 6.07) is 8.05. The van der Waals surface area contributed by atoms with Crippen LogP contribution < -0.4 is 5.32 Å². The zero-order chi connectivity index (χ0) is 13.7. The molecular weight excluding hydrogens is 258 g/mol. The van der Waals surface area contributed by atoms with Crippen LogP contribution in [-0.2, 0) is 13.1 Å². The normalized spacial score (nSPS) is 10.2. The van der Waals surface area contributed by atoms with Crippen molar-refractivity contribution in [3.8, 4) is 6.07 Å². The molecule has 0 amide bonds. The molecule has 6 heteroatoms. The molecule has 0 saturated heterocycles. The van der Waals surface area contributed by atoms with E-state index in [0.29, 0.717) is 12.1 Å². The lowest BCUT2D eigenvalue weighted by atomic mass is 10.2. The van der Waals surface area contributed by atoms with Crippen LogP contribution >= 0.6 is 11.8 Å². The van der Waals surface area contributed by atoms with Crippen LogP contribution in [0, 0.1) is 11.3 Å². The van der Waals surface area contributed by atoms with E-state index in [1.165, 1.54) is 0 Å². The Hall–Kier alpha value is -2.00. The fourth-order valence-electron chi connectivity index (χ4n) is 1.82.